The molecule has 0 fully saturated rings. The summed E-state index contributed by atoms with van der Waals surface area (Å²) in [5.41, 5.74) is 3.43. The second kappa shape index (κ2) is 4.88. The molecule has 0 aromatic heterocycles. The number of amides is 1. The van der Waals surface area contributed by atoms with Gasteiger partial charge in [0.15, 0.2) is 0 Å². The van der Waals surface area contributed by atoms with Gasteiger partial charge in [-0.1, -0.05) is 48.5 Å². The van der Waals surface area contributed by atoms with E-state index in [1.54, 1.807) is 0 Å². The molecule has 0 radical (unpaired) electrons. The third-order valence-electron chi connectivity index (χ3n) is 3.67. The van der Waals surface area contributed by atoms with Gasteiger partial charge in [-0.3, -0.25) is 4.79 Å². The van der Waals surface area contributed by atoms with Crippen LogP contribution in [0.1, 0.15) is 18.1 Å². The summed E-state index contributed by atoms with van der Waals surface area (Å²) in [6, 6.07) is 18.4. The molecule has 2 nitrogen and oxygen atoms in total. The highest BCUT2D eigenvalue weighted by Gasteiger charge is 2.30. The number of benzene rings is 2. The number of anilines is 1. The van der Waals surface area contributed by atoms with E-state index in [9.17, 15) is 4.79 Å². The Bertz CT molecular complexity index is 591. The van der Waals surface area contributed by atoms with E-state index in [0.29, 0.717) is 6.42 Å². The predicted octanol–water partition coefficient (Wildman–Crippen LogP) is 3.21. The van der Waals surface area contributed by atoms with Crippen molar-refractivity contribution in [3.8, 4) is 0 Å². The van der Waals surface area contributed by atoms with Crippen LogP contribution in [0.3, 0.4) is 0 Å². The van der Waals surface area contributed by atoms with Gasteiger partial charge in [0.2, 0.25) is 5.91 Å². The molecule has 3 rings (SSSR count). The topological polar surface area (TPSA) is 20.3 Å². The average Bonchev–Trinajstić information content (AvgIpc) is 2.75. The normalized spacial score (nSPS) is 17.3. The predicted molar refractivity (Wildman–Crippen MR) is 77.2 cm³/mol. The average molecular weight is 251 g/mol. The van der Waals surface area contributed by atoms with Gasteiger partial charge in [0.05, 0.1) is 6.42 Å². The number of para-hydroxylation sites is 1. The zero-order chi connectivity index (χ0) is 13.2. The van der Waals surface area contributed by atoms with Gasteiger partial charge in [0.1, 0.15) is 0 Å². The molecule has 0 saturated heterocycles. The SMILES string of the molecule is C[C@H]1Cc2ccccc2N1C(=O)Cc1ccccc1. The van der Waals surface area contributed by atoms with Gasteiger partial charge in [-0.2, -0.15) is 0 Å². The second-order valence-corrected chi connectivity index (χ2v) is 5.11. The van der Waals surface area contributed by atoms with E-state index in [-0.39, 0.29) is 11.9 Å². The minimum Gasteiger partial charge on any atom is -0.309 e. The number of fused-ring (bicyclic) bond motifs is 1. The molecule has 2 aromatic rings. The Kier molecular flexibility index (Phi) is 3.08. The number of nitrogens with zero attached hydrogens (tertiary/aromatic N) is 1. The monoisotopic (exact) mass is 251 g/mol. The summed E-state index contributed by atoms with van der Waals surface area (Å²) in [5, 5.41) is 0. The van der Waals surface area contributed by atoms with E-state index < -0.39 is 0 Å². The Balaban J connectivity index is 1.84. The van der Waals surface area contributed by atoms with Gasteiger partial charge in [-0.15, -0.1) is 0 Å². The zero-order valence-electron chi connectivity index (χ0n) is 11.0. The molecule has 1 atom stereocenters. The van der Waals surface area contributed by atoms with Gasteiger partial charge in [0.25, 0.3) is 0 Å². The number of rotatable bonds is 2. The summed E-state index contributed by atoms with van der Waals surface area (Å²) in [5.74, 6) is 0.184. The van der Waals surface area contributed by atoms with Crippen molar-refractivity contribution in [2.45, 2.75) is 25.8 Å². The van der Waals surface area contributed by atoms with Crippen molar-refractivity contribution in [2.75, 3.05) is 4.90 Å². The number of carbonyl (C=O) groups is 1. The van der Waals surface area contributed by atoms with Crippen LogP contribution in [0.2, 0.25) is 0 Å². The molecule has 1 amide bonds. The quantitative estimate of drug-likeness (QED) is 0.802. The smallest absolute Gasteiger partial charge is 0.231 e. The number of hydrogen-bond acceptors (Lipinski definition) is 1. The molecule has 0 aliphatic carbocycles. The molecule has 0 spiro atoms. The van der Waals surface area contributed by atoms with Gasteiger partial charge < -0.3 is 4.90 Å². The van der Waals surface area contributed by atoms with Gasteiger partial charge in [-0.05, 0) is 30.5 Å². The molecule has 2 heteroatoms. The summed E-state index contributed by atoms with van der Waals surface area (Å²) >= 11 is 0. The van der Waals surface area contributed by atoms with Crippen LogP contribution in [0.5, 0.6) is 0 Å². The fourth-order valence-electron chi connectivity index (χ4n) is 2.80. The second-order valence-electron chi connectivity index (χ2n) is 5.11. The molecule has 2 aromatic carbocycles. The van der Waals surface area contributed by atoms with E-state index in [0.717, 1.165) is 17.7 Å². The highest BCUT2D eigenvalue weighted by molar-refractivity contribution is 5.97. The zero-order valence-corrected chi connectivity index (χ0v) is 11.0. The van der Waals surface area contributed by atoms with Crippen LogP contribution in [-0.4, -0.2) is 11.9 Å². The highest BCUT2D eigenvalue weighted by Crippen LogP contribution is 2.32. The van der Waals surface area contributed by atoms with E-state index in [1.165, 1.54) is 5.56 Å². The first kappa shape index (κ1) is 12.0. The van der Waals surface area contributed by atoms with Crippen molar-refractivity contribution in [3.05, 3.63) is 65.7 Å². The van der Waals surface area contributed by atoms with Crippen molar-refractivity contribution in [1.82, 2.24) is 0 Å². The van der Waals surface area contributed by atoms with Crippen molar-refractivity contribution in [1.29, 1.82) is 0 Å². The lowest BCUT2D eigenvalue weighted by molar-refractivity contribution is -0.118. The van der Waals surface area contributed by atoms with Crippen LogP contribution in [0.15, 0.2) is 54.6 Å². The van der Waals surface area contributed by atoms with Crippen molar-refractivity contribution >= 4 is 11.6 Å². The van der Waals surface area contributed by atoms with Gasteiger partial charge in [-0.25, -0.2) is 0 Å². The van der Waals surface area contributed by atoms with Crippen molar-refractivity contribution in [3.63, 3.8) is 0 Å². The summed E-state index contributed by atoms with van der Waals surface area (Å²) < 4.78 is 0. The lowest BCUT2D eigenvalue weighted by Crippen LogP contribution is -2.36. The van der Waals surface area contributed by atoms with Crippen LogP contribution in [-0.2, 0) is 17.6 Å². The van der Waals surface area contributed by atoms with Crippen LogP contribution < -0.4 is 4.90 Å². The standard InChI is InChI=1S/C17H17NO/c1-13-11-15-9-5-6-10-16(15)18(13)17(19)12-14-7-3-2-4-8-14/h2-10,13H,11-12H2,1H3/t13-/m0/s1. The maximum atomic E-state index is 12.5. The fraction of sp³-hybridized carbons (Fsp3) is 0.235. The molecule has 1 aliphatic heterocycles. The van der Waals surface area contributed by atoms with Crippen LogP contribution >= 0.6 is 0 Å². The lowest BCUT2D eigenvalue weighted by atomic mass is 10.1. The Morgan fingerprint density at radius 1 is 1.11 bits per heavy atom. The minimum atomic E-state index is 0.184. The minimum absolute atomic E-state index is 0.184. The summed E-state index contributed by atoms with van der Waals surface area (Å²) in [4.78, 5) is 14.5. The van der Waals surface area contributed by atoms with Crippen LogP contribution in [0, 0.1) is 0 Å². The fourth-order valence-corrected chi connectivity index (χ4v) is 2.80. The molecule has 0 unspecified atom stereocenters. The molecular weight excluding hydrogens is 234 g/mol. The number of hydrogen-bond donors (Lipinski definition) is 0. The Labute approximate surface area is 113 Å². The first-order chi connectivity index (χ1) is 9.25. The van der Waals surface area contributed by atoms with E-state index >= 15 is 0 Å². The first-order valence-electron chi connectivity index (χ1n) is 6.69. The van der Waals surface area contributed by atoms with Gasteiger partial charge in [0, 0.05) is 11.7 Å². The Morgan fingerprint density at radius 2 is 1.79 bits per heavy atom. The van der Waals surface area contributed by atoms with Crippen molar-refractivity contribution in [2.24, 2.45) is 0 Å². The Morgan fingerprint density at radius 3 is 2.58 bits per heavy atom. The maximum Gasteiger partial charge on any atom is 0.231 e. The van der Waals surface area contributed by atoms with E-state index in [4.69, 9.17) is 0 Å². The molecule has 1 heterocycles. The molecule has 0 N–H and O–H groups in total. The van der Waals surface area contributed by atoms with Gasteiger partial charge >= 0.3 is 0 Å². The number of carbonyl (C=O) groups excluding carboxylic acids is 1. The molecule has 96 valence electrons. The van der Waals surface area contributed by atoms with Crippen LogP contribution in [0.4, 0.5) is 5.69 Å². The molecule has 0 saturated carbocycles. The summed E-state index contributed by atoms with van der Waals surface area (Å²) in [6.07, 6.45) is 1.43. The third-order valence-corrected chi connectivity index (χ3v) is 3.67. The summed E-state index contributed by atoms with van der Waals surface area (Å²) in [6.45, 7) is 2.11. The molecule has 0 bridgehead atoms. The first-order valence-corrected chi connectivity index (χ1v) is 6.69. The molecule has 1 aliphatic rings. The van der Waals surface area contributed by atoms with Crippen LogP contribution in [0.25, 0.3) is 0 Å². The highest BCUT2D eigenvalue weighted by atomic mass is 16.2. The Hall–Kier alpha value is -2.09. The lowest BCUT2D eigenvalue weighted by Gasteiger charge is -2.22. The largest absolute Gasteiger partial charge is 0.309 e. The molecular formula is C17H17NO. The van der Waals surface area contributed by atoms with Crippen molar-refractivity contribution < 1.29 is 4.79 Å². The molecule has 19 heavy (non-hydrogen) atoms. The third kappa shape index (κ3) is 2.26. The van der Waals surface area contributed by atoms with E-state index in [2.05, 4.69) is 13.0 Å². The maximum absolute atomic E-state index is 12.5. The van der Waals surface area contributed by atoms with E-state index in [1.807, 2.05) is 53.4 Å². The summed E-state index contributed by atoms with van der Waals surface area (Å²) in [7, 11) is 0.